The van der Waals surface area contributed by atoms with E-state index in [-0.39, 0.29) is 6.03 Å². The van der Waals surface area contributed by atoms with Crippen LogP contribution in [0.3, 0.4) is 0 Å². The van der Waals surface area contributed by atoms with Crippen LogP contribution in [-0.4, -0.2) is 61.0 Å². The van der Waals surface area contributed by atoms with Gasteiger partial charge in [-0.2, -0.15) is 5.10 Å². The number of rotatable bonds is 6. The van der Waals surface area contributed by atoms with Gasteiger partial charge in [0.25, 0.3) is 0 Å². The maximum absolute atomic E-state index is 12.4. The maximum atomic E-state index is 12.4. The molecule has 2 heterocycles. The summed E-state index contributed by atoms with van der Waals surface area (Å²) in [7, 11) is 1.66. The van der Waals surface area contributed by atoms with E-state index in [0.717, 1.165) is 36.8 Å². The quantitative estimate of drug-likeness (QED) is 0.832. The molecule has 0 spiro atoms. The van der Waals surface area contributed by atoms with Crippen molar-refractivity contribution < 1.29 is 9.53 Å². The molecule has 0 unspecified atom stereocenters. The molecule has 148 valence electrons. The number of nitrogens with one attached hydrogen (secondary N) is 1. The molecule has 1 aliphatic heterocycles. The van der Waals surface area contributed by atoms with Crippen molar-refractivity contribution in [2.24, 2.45) is 0 Å². The van der Waals surface area contributed by atoms with Crippen LogP contribution in [0.1, 0.15) is 30.0 Å². The van der Waals surface area contributed by atoms with Gasteiger partial charge in [-0.1, -0.05) is 12.1 Å². The Balaban J connectivity index is 1.20. The normalized spacial score (nSPS) is 16.8. The van der Waals surface area contributed by atoms with Crippen LogP contribution in [0.5, 0.6) is 5.75 Å². The number of hydrogen-bond acceptors (Lipinski definition) is 5. The van der Waals surface area contributed by atoms with Gasteiger partial charge in [0.2, 0.25) is 0 Å². The second kappa shape index (κ2) is 8.46. The average molecular weight is 381 g/mol. The van der Waals surface area contributed by atoms with E-state index in [2.05, 4.69) is 32.5 Å². The van der Waals surface area contributed by atoms with Gasteiger partial charge in [-0.05, 0) is 49.1 Å². The van der Waals surface area contributed by atoms with E-state index in [0.29, 0.717) is 25.6 Å². The number of carbonyl (C=O) groups excluding carboxylic acids is 1. The zero-order valence-electron chi connectivity index (χ0n) is 16.3. The molecule has 2 amide bonds. The predicted octanol–water partition coefficient (Wildman–Crippen LogP) is 2.44. The molecule has 1 aromatic heterocycles. The van der Waals surface area contributed by atoms with Crippen molar-refractivity contribution in [1.82, 2.24) is 20.4 Å². The van der Waals surface area contributed by atoms with Crippen LogP contribution in [0.15, 0.2) is 36.4 Å². The molecule has 2 aliphatic rings. The second-order valence-electron chi connectivity index (χ2n) is 7.39. The molecule has 0 radical (unpaired) electrons. The molecule has 7 nitrogen and oxygen atoms in total. The summed E-state index contributed by atoms with van der Waals surface area (Å²) < 4.78 is 5.16. The highest BCUT2D eigenvalue weighted by atomic mass is 16.5. The van der Waals surface area contributed by atoms with Gasteiger partial charge in [0.05, 0.1) is 12.8 Å². The van der Waals surface area contributed by atoms with Gasteiger partial charge in [-0.3, -0.25) is 0 Å². The van der Waals surface area contributed by atoms with Crippen molar-refractivity contribution in [3.63, 3.8) is 0 Å². The minimum atomic E-state index is 0.00308. The summed E-state index contributed by atoms with van der Waals surface area (Å²) in [6.07, 6.45) is 3.28. The lowest BCUT2D eigenvalue weighted by molar-refractivity contribution is 0.194. The fraction of sp³-hybridized carbons (Fsp3) is 0.476. The third kappa shape index (κ3) is 4.52. The number of anilines is 1. The van der Waals surface area contributed by atoms with Crippen LogP contribution in [0.25, 0.3) is 0 Å². The SMILES string of the molecule is COc1ccc(CCNC(=O)N2CCN(c3ccc(C4CC4)nn3)CC2)cc1. The highest BCUT2D eigenvalue weighted by Gasteiger charge is 2.26. The second-order valence-corrected chi connectivity index (χ2v) is 7.39. The Hall–Kier alpha value is -2.83. The highest BCUT2D eigenvalue weighted by Crippen LogP contribution is 2.38. The van der Waals surface area contributed by atoms with Crippen LogP contribution in [0.4, 0.5) is 10.6 Å². The van der Waals surface area contributed by atoms with E-state index in [1.54, 1.807) is 7.11 Å². The monoisotopic (exact) mass is 381 g/mol. The van der Waals surface area contributed by atoms with Gasteiger partial charge in [0.15, 0.2) is 5.82 Å². The van der Waals surface area contributed by atoms with Crippen molar-refractivity contribution in [2.45, 2.75) is 25.2 Å². The largest absolute Gasteiger partial charge is 0.497 e. The number of benzene rings is 1. The summed E-state index contributed by atoms with van der Waals surface area (Å²) in [5.41, 5.74) is 2.29. The number of piperazine rings is 1. The summed E-state index contributed by atoms with van der Waals surface area (Å²) in [4.78, 5) is 16.5. The Morgan fingerprint density at radius 3 is 2.43 bits per heavy atom. The number of urea groups is 1. The molecule has 1 aromatic carbocycles. The van der Waals surface area contributed by atoms with Gasteiger partial charge in [-0.15, -0.1) is 5.10 Å². The number of nitrogens with zero attached hydrogens (tertiary/aromatic N) is 4. The van der Waals surface area contributed by atoms with E-state index in [1.165, 1.54) is 18.4 Å². The van der Waals surface area contributed by atoms with Crippen LogP contribution < -0.4 is 15.0 Å². The molecule has 1 saturated heterocycles. The lowest BCUT2D eigenvalue weighted by Crippen LogP contribution is -2.52. The van der Waals surface area contributed by atoms with Crippen LogP contribution in [0.2, 0.25) is 0 Å². The molecule has 28 heavy (non-hydrogen) atoms. The van der Waals surface area contributed by atoms with Crippen molar-refractivity contribution in [3.05, 3.63) is 47.7 Å². The maximum Gasteiger partial charge on any atom is 0.317 e. The topological polar surface area (TPSA) is 70.6 Å². The molecular weight excluding hydrogens is 354 g/mol. The van der Waals surface area contributed by atoms with Crippen molar-refractivity contribution in [1.29, 1.82) is 0 Å². The van der Waals surface area contributed by atoms with Crippen molar-refractivity contribution >= 4 is 11.8 Å². The average Bonchev–Trinajstić information content (AvgIpc) is 3.60. The standard InChI is InChI=1S/C21H27N5O2/c1-28-18-6-2-16(3-7-18)10-11-22-21(27)26-14-12-25(13-15-26)20-9-8-19(23-24-20)17-4-5-17/h2-3,6-9,17H,4-5,10-15H2,1H3,(H,22,27). The van der Waals surface area contributed by atoms with Crippen LogP contribution in [0, 0.1) is 0 Å². The molecule has 1 saturated carbocycles. The van der Waals surface area contributed by atoms with Crippen molar-refractivity contribution in [3.8, 4) is 5.75 Å². The van der Waals surface area contributed by atoms with E-state index >= 15 is 0 Å². The smallest absolute Gasteiger partial charge is 0.317 e. The van der Waals surface area contributed by atoms with Gasteiger partial charge < -0.3 is 19.9 Å². The summed E-state index contributed by atoms with van der Waals surface area (Å²) in [5, 5.41) is 11.8. The number of hydrogen-bond donors (Lipinski definition) is 1. The van der Waals surface area contributed by atoms with E-state index in [1.807, 2.05) is 29.2 Å². The number of carbonyl (C=O) groups is 1. The third-order valence-electron chi connectivity index (χ3n) is 5.41. The number of ether oxygens (including phenoxy) is 1. The Bertz CT molecular complexity index is 781. The zero-order valence-corrected chi connectivity index (χ0v) is 16.3. The first-order chi connectivity index (χ1) is 13.7. The number of amides is 2. The Kier molecular flexibility index (Phi) is 5.60. The van der Waals surface area contributed by atoms with E-state index in [4.69, 9.17) is 4.74 Å². The Morgan fingerprint density at radius 2 is 1.82 bits per heavy atom. The molecule has 0 bridgehead atoms. The summed E-state index contributed by atoms with van der Waals surface area (Å²) >= 11 is 0. The summed E-state index contributed by atoms with van der Waals surface area (Å²) in [6, 6.07) is 12.1. The number of methoxy groups -OCH3 is 1. The first-order valence-electron chi connectivity index (χ1n) is 9.97. The van der Waals surface area contributed by atoms with Crippen molar-refractivity contribution in [2.75, 3.05) is 44.7 Å². The molecule has 0 atom stereocenters. The highest BCUT2D eigenvalue weighted by molar-refractivity contribution is 5.74. The molecule has 4 rings (SSSR count). The molecule has 2 fully saturated rings. The van der Waals surface area contributed by atoms with Crippen LogP contribution in [-0.2, 0) is 6.42 Å². The molecule has 7 heteroatoms. The first-order valence-corrected chi connectivity index (χ1v) is 9.97. The molecule has 1 aliphatic carbocycles. The lowest BCUT2D eigenvalue weighted by atomic mass is 10.1. The summed E-state index contributed by atoms with van der Waals surface area (Å²) in [6.45, 7) is 3.58. The third-order valence-corrected chi connectivity index (χ3v) is 5.41. The minimum Gasteiger partial charge on any atom is -0.497 e. The fourth-order valence-electron chi connectivity index (χ4n) is 3.46. The Morgan fingerprint density at radius 1 is 1.07 bits per heavy atom. The van der Waals surface area contributed by atoms with Gasteiger partial charge in [-0.25, -0.2) is 4.79 Å². The minimum absolute atomic E-state index is 0.00308. The molecule has 2 aromatic rings. The van der Waals surface area contributed by atoms with Gasteiger partial charge >= 0.3 is 6.03 Å². The summed E-state index contributed by atoms with van der Waals surface area (Å²) in [5.74, 6) is 2.38. The first kappa shape index (κ1) is 18.5. The lowest BCUT2D eigenvalue weighted by Gasteiger charge is -2.35. The van der Waals surface area contributed by atoms with E-state index in [9.17, 15) is 4.79 Å². The Labute approximate surface area is 165 Å². The molecule has 1 N–H and O–H groups in total. The fourth-order valence-corrected chi connectivity index (χ4v) is 3.46. The van der Waals surface area contributed by atoms with E-state index < -0.39 is 0 Å². The zero-order chi connectivity index (χ0) is 19.3. The van der Waals surface area contributed by atoms with Gasteiger partial charge in [0, 0.05) is 38.6 Å². The number of aromatic nitrogens is 2. The molecular formula is C21H27N5O2. The predicted molar refractivity (Wildman–Crippen MR) is 108 cm³/mol. The van der Waals surface area contributed by atoms with Gasteiger partial charge in [0.1, 0.15) is 5.75 Å². The van der Waals surface area contributed by atoms with Crippen LogP contribution >= 0.6 is 0 Å².